The third-order valence-corrected chi connectivity index (χ3v) is 4.47. The molecule has 25 heavy (non-hydrogen) atoms. The molecule has 0 saturated carbocycles. The Morgan fingerprint density at radius 1 is 1.04 bits per heavy atom. The molecule has 0 aliphatic rings. The molecule has 0 spiro atoms. The highest BCUT2D eigenvalue weighted by atomic mass is 16.1. The van der Waals surface area contributed by atoms with Crippen LogP contribution in [0, 0.1) is 20.8 Å². The van der Waals surface area contributed by atoms with Crippen molar-refractivity contribution >= 4 is 11.5 Å². The summed E-state index contributed by atoms with van der Waals surface area (Å²) >= 11 is 0. The Labute approximate surface area is 147 Å². The minimum absolute atomic E-state index is 0.118. The second kappa shape index (κ2) is 6.89. The van der Waals surface area contributed by atoms with E-state index in [1.54, 1.807) is 24.1 Å². The zero-order valence-electron chi connectivity index (χ0n) is 15.0. The van der Waals surface area contributed by atoms with E-state index in [0.717, 1.165) is 28.1 Å². The zero-order chi connectivity index (χ0) is 18.0. The van der Waals surface area contributed by atoms with Crippen LogP contribution in [0.15, 0.2) is 42.7 Å². The van der Waals surface area contributed by atoms with Crippen molar-refractivity contribution < 1.29 is 4.79 Å². The summed E-state index contributed by atoms with van der Waals surface area (Å²) in [5, 5.41) is 11.7. The predicted octanol–water partition coefficient (Wildman–Crippen LogP) is 4.01. The maximum atomic E-state index is 11.9. The number of aromatic nitrogens is 3. The van der Waals surface area contributed by atoms with Crippen LogP contribution in [0.3, 0.4) is 0 Å². The number of hydrogen-bond acceptors (Lipinski definition) is 4. The fourth-order valence-electron chi connectivity index (χ4n) is 3.29. The van der Waals surface area contributed by atoms with Gasteiger partial charge in [-0.15, -0.1) is 0 Å². The average molecular weight is 334 g/mol. The molecule has 3 rings (SSSR count). The van der Waals surface area contributed by atoms with Crippen LogP contribution in [0.4, 0.5) is 5.69 Å². The van der Waals surface area contributed by atoms with Crippen LogP contribution < -0.4 is 5.32 Å². The quantitative estimate of drug-likeness (QED) is 0.716. The summed E-state index contributed by atoms with van der Waals surface area (Å²) in [4.78, 5) is 13.5. The topological polar surface area (TPSA) is 59.8 Å². The highest BCUT2D eigenvalue weighted by Gasteiger charge is 2.14. The van der Waals surface area contributed by atoms with Crippen LogP contribution in [0.2, 0.25) is 0 Å². The van der Waals surface area contributed by atoms with Crippen molar-refractivity contribution in [2.75, 3.05) is 5.32 Å². The summed E-state index contributed by atoms with van der Waals surface area (Å²) in [5.74, 6) is 0.118. The fraction of sp³-hybridized carbons (Fsp3) is 0.250. The van der Waals surface area contributed by atoms with E-state index >= 15 is 0 Å². The lowest BCUT2D eigenvalue weighted by atomic mass is 9.91. The van der Waals surface area contributed by atoms with Crippen molar-refractivity contribution in [3.8, 4) is 5.69 Å². The largest absolute Gasteiger partial charge is 0.381 e. The zero-order valence-corrected chi connectivity index (χ0v) is 15.0. The molecule has 5 heteroatoms. The van der Waals surface area contributed by atoms with Crippen molar-refractivity contribution in [3.63, 3.8) is 0 Å². The normalized spacial score (nSPS) is 10.7. The molecule has 0 radical (unpaired) electrons. The lowest BCUT2D eigenvalue weighted by Gasteiger charge is -2.17. The number of aryl methyl sites for hydroxylation is 2. The molecule has 5 nitrogen and oxygen atoms in total. The van der Waals surface area contributed by atoms with Crippen LogP contribution in [0.5, 0.6) is 0 Å². The minimum Gasteiger partial charge on any atom is -0.381 e. The van der Waals surface area contributed by atoms with Crippen molar-refractivity contribution in [2.24, 2.45) is 0 Å². The first kappa shape index (κ1) is 16.9. The van der Waals surface area contributed by atoms with Gasteiger partial charge in [-0.05, 0) is 74.2 Å². The van der Waals surface area contributed by atoms with Crippen LogP contribution in [0.25, 0.3) is 5.69 Å². The van der Waals surface area contributed by atoms with Gasteiger partial charge in [0.15, 0.2) is 5.78 Å². The Kier molecular flexibility index (Phi) is 4.65. The maximum absolute atomic E-state index is 11.9. The summed E-state index contributed by atoms with van der Waals surface area (Å²) in [5.41, 5.74) is 7.25. The molecular formula is C20H22N4O. The SMILES string of the molecule is CC(=O)c1c(C)cc(C)c(CNc2ccc(-n3nccn3)cc2)c1C. The van der Waals surface area contributed by atoms with Gasteiger partial charge in [0.1, 0.15) is 0 Å². The fourth-order valence-corrected chi connectivity index (χ4v) is 3.29. The monoisotopic (exact) mass is 334 g/mol. The van der Waals surface area contributed by atoms with E-state index < -0.39 is 0 Å². The molecule has 1 N–H and O–H groups in total. The van der Waals surface area contributed by atoms with Gasteiger partial charge in [-0.2, -0.15) is 15.0 Å². The number of carbonyl (C=O) groups excluding carboxylic acids is 1. The number of Topliss-reactive ketones (excluding diaryl/α,β-unsaturated/α-hetero) is 1. The highest BCUT2D eigenvalue weighted by Crippen LogP contribution is 2.24. The average Bonchev–Trinajstić information content (AvgIpc) is 3.09. The Morgan fingerprint density at radius 2 is 1.68 bits per heavy atom. The first-order valence-electron chi connectivity index (χ1n) is 8.28. The van der Waals surface area contributed by atoms with Crippen molar-refractivity contribution in [2.45, 2.75) is 34.2 Å². The standard InChI is InChI=1S/C20H22N4O/c1-13-11-14(2)20(16(4)25)15(3)19(13)12-21-17-5-7-18(8-6-17)24-22-9-10-23-24/h5-11,21H,12H2,1-4H3. The third kappa shape index (κ3) is 3.45. The van der Waals surface area contributed by atoms with E-state index in [1.165, 1.54) is 11.1 Å². The van der Waals surface area contributed by atoms with Gasteiger partial charge in [0.2, 0.25) is 0 Å². The van der Waals surface area contributed by atoms with Crippen LogP contribution in [0.1, 0.15) is 39.5 Å². The lowest BCUT2D eigenvalue weighted by molar-refractivity contribution is 0.101. The molecule has 0 unspecified atom stereocenters. The Morgan fingerprint density at radius 3 is 2.28 bits per heavy atom. The molecule has 0 aliphatic heterocycles. The number of hydrogen-bond donors (Lipinski definition) is 1. The third-order valence-electron chi connectivity index (χ3n) is 4.47. The predicted molar refractivity (Wildman–Crippen MR) is 99.3 cm³/mol. The molecule has 0 fully saturated rings. The van der Waals surface area contributed by atoms with Crippen LogP contribution >= 0.6 is 0 Å². The van der Waals surface area contributed by atoms with Gasteiger partial charge in [0.05, 0.1) is 18.1 Å². The van der Waals surface area contributed by atoms with Gasteiger partial charge in [0.25, 0.3) is 0 Å². The molecule has 0 saturated heterocycles. The lowest BCUT2D eigenvalue weighted by Crippen LogP contribution is -2.09. The number of rotatable bonds is 5. The van der Waals surface area contributed by atoms with Crippen LogP contribution in [-0.2, 0) is 6.54 Å². The van der Waals surface area contributed by atoms with E-state index in [-0.39, 0.29) is 5.78 Å². The molecule has 0 aliphatic carbocycles. The molecule has 3 aromatic rings. The number of benzene rings is 2. The number of nitrogens with zero attached hydrogens (tertiary/aromatic N) is 3. The highest BCUT2D eigenvalue weighted by molar-refractivity contribution is 5.97. The first-order valence-corrected chi connectivity index (χ1v) is 8.28. The van der Waals surface area contributed by atoms with E-state index in [2.05, 4.69) is 28.5 Å². The number of nitrogens with one attached hydrogen (secondary N) is 1. The van der Waals surface area contributed by atoms with Crippen molar-refractivity contribution in [1.82, 2.24) is 15.0 Å². The Hall–Kier alpha value is -2.95. The van der Waals surface area contributed by atoms with Crippen molar-refractivity contribution in [3.05, 3.63) is 70.5 Å². The molecule has 0 amide bonds. The molecule has 0 bridgehead atoms. The van der Waals surface area contributed by atoms with Gasteiger partial charge in [-0.3, -0.25) is 4.79 Å². The number of carbonyl (C=O) groups is 1. The van der Waals surface area contributed by atoms with Gasteiger partial charge in [-0.25, -0.2) is 0 Å². The number of anilines is 1. The van der Waals surface area contributed by atoms with Crippen molar-refractivity contribution in [1.29, 1.82) is 0 Å². The molecule has 1 aromatic heterocycles. The summed E-state index contributed by atoms with van der Waals surface area (Å²) in [6.45, 7) is 8.42. The van der Waals surface area contributed by atoms with E-state index in [9.17, 15) is 4.79 Å². The Balaban J connectivity index is 1.80. The first-order chi connectivity index (χ1) is 12.0. The minimum atomic E-state index is 0.118. The molecule has 2 aromatic carbocycles. The smallest absolute Gasteiger partial charge is 0.160 e. The summed E-state index contributed by atoms with van der Waals surface area (Å²) in [6.07, 6.45) is 3.31. The summed E-state index contributed by atoms with van der Waals surface area (Å²) in [7, 11) is 0. The maximum Gasteiger partial charge on any atom is 0.160 e. The van der Waals surface area contributed by atoms with E-state index in [1.807, 2.05) is 38.1 Å². The van der Waals surface area contributed by atoms with E-state index in [4.69, 9.17) is 0 Å². The summed E-state index contributed by atoms with van der Waals surface area (Å²) < 4.78 is 0. The molecular weight excluding hydrogens is 312 g/mol. The second-order valence-corrected chi connectivity index (χ2v) is 6.26. The molecule has 128 valence electrons. The Bertz CT molecular complexity index is 896. The van der Waals surface area contributed by atoms with Gasteiger partial charge >= 0.3 is 0 Å². The second-order valence-electron chi connectivity index (χ2n) is 6.26. The molecule has 0 atom stereocenters. The summed E-state index contributed by atoms with van der Waals surface area (Å²) in [6, 6.07) is 10.0. The van der Waals surface area contributed by atoms with E-state index in [0.29, 0.717) is 6.54 Å². The number of ketones is 1. The van der Waals surface area contributed by atoms with Gasteiger partial charge in [0, 0.05) is 17.8 Å². The van der Waals surface area contributed by atoms with Gasteiger partial charge < -0.3 is 5.32 Å². The molecule has 1 heterocycles. The van der Waals surface area contributed by atoms with Gasteiger partial charge in [-0.1, -0.05) is 6.07 Å². The van der Waals surface area contributed by atoms with Crippen LogP contribution in [-0.4, -0.2) is 20.8 Å².